The smallest absolute Gasteiger partial charge is 0.332 e. The summed E-state index contributed by atoms with van der Waals surface area (Å²) in [4.78, 5) is 44.0. The van der Waals surface area contributed by atoms with Gasteiger partial charge >= 0.3 is 5.69 Å². The van der Waals surface area contributed by atoms with E-state index in [4.69, 9.17) is 0 Å². The second-order valence-electron chi connectivity index (χ2n) is 7.56. The highest BCUT2D eigenvalue weighted by atomic mass is 32.2. The quantitative estimate of drug-likeness (QED) is 0.535. The van der Waals surface area contributed by atoms with E-state index in [0.717, 1.165) is 23.1 Å². The van der Waals surface area contributed by atoms with Crippen molar-refractivity contribution in [2.24, 2.45) is 14.1 Å². The first-order valence-electron chi connectivity index (χ1n) is 10.1. The van der Waals surface area contributed by atoms with E-state index in [1.807, 2.05) is 47.8 Å². The summed E-state index contributed by atoms with van der Waals surface area (Å²) >= 11 is 1.26. The number of carbonyl (C=O) groups excluding carboxylic acids is 1. The third kappa shape index (κ3) is 4.68. The lowest BCUT2D eigenvalue weighted by Crippen LogP contribution is -2.37. The van der Waals surface area contributed by atoms with Crippen molar-refractivity contribution >= 4 is 40.2 Å². The maximum absolute atomic E-state index is 12.8. The molecule has 1 aromatic carbocycles. The number of unbranched alkanes of at least 4 members (excludes halogenated alkanes) is 1. The Morgan fingerprint density at radius 3 is 2.42 bits per heavy atom. The zero-order valence-corrected chi connectivity index (χ0v) is 19.3. The van der Waals surface area contributed by atoms with E-state index >= 15 is 0 Å². The van der Waals surface area contributed by atoms with Gasteiger partial charge in [-0.1, -0.05) is 25.1 Å². The molecule has 3 rings (SSSR count). The molecule has 0 aliphatic carbocycles. The molecule has 0 atom stereocenters. The Labute approximate surface area is 184 Å². The number of hydrogen-bond acceptors (Lipinski definition) is 6. The summed E-state index contributed by atoms with van der Waals surface area (Å²) in [6.45, 7) is 2.66. The zero-order valence-electron chi connectivity index (χ0n) is 18.5. The SMILES string of the molecule is CCCCn1c(SCC(=O)Nc2ccc(N(C)C)cc2)nc2c1c(=O)n(C)c(=O)n2C. The van der Waals surface area contributed by atoms with Crippen molar-refractivity contribution in [1.82, 2.24) is 18.7 Å². The van der Waals surface area contributed by atoms with E-state index in [2.05, 4.69) is 17.2 Å². The molecule has 0 saturated heterocycles. The first-order valence-corrected chi connectivity index (χ1v) is 11.1. The van der Waals surface area contributed by atoms with Gasteiger partial charge in [-0.15, -0.1) is 0 Å². The summed E-state index contributed by atoms with van der Waals surface area (Å²) in [7, 11) is 6.97. The molecular formula is C21H28N6O3S. The Bertz CT molecular complexity index is 1210. The molecule has 0 spiro atoms. The average molecular weight is 445 g/mol. The molecule has 0 fully saturated rings. The number of fused-ring (bicyclic) bond motifs is 1. The molecule has 31 heavy (non-hydrogen) atoms. The standard InChI is InChI=1S/C21H28N6O3S/c1-6-7-12-27-17-18(25(4)21(30)26(5)19(17)29)23-20(27)31-13-16(28)22-14-8-10-15(11-9-14)24(2)3/h8-11H,6-7,12-13H2,1-5H3,(H,22,28). The maximum Gasteiger partial charge on any atom is 0.332 e. The van der Waals surface area contributed by atoms with Gasteiger partial charge in [-0.25, -0.2) is 9.78 Å². The van der Waals surface area contributed by atoms with Crippen molar-refractivity contribution < 1.29 is 4.79 Å². The van der Waals surface area contributed by atoms with Crippen molar-refractivity contribution in [3.63, 3.8) is 0 Å². The van der Waals surface area contributed by atoms with Gasteiger partial charge in [0.15, 0.2) is 16.3 Å². The highest BCUT2D eigenvalue weighted by Crippen LogP contribution is 2.23. The number of amides is 1. The molecule has 3 aromatic rings. The van der Waals surface area contributed by atoms with Crippen LogP contribution < -0.4 is 21.5 Å². The van der Waals surface area contributed by atoms with Gasteiger partial charge in [-0.2, -0.15) is 0 Å². The predicted octanol–water partition coefficient (Wildman–Crippen LogP) is 2.03. The number of carbonyl (C=O) groups is 1. The molecule has 2 aromatic heterocycles. The van der Waals surface area contributed by atoms with Crippen molar-refractivity contribution in [1.29, 1.82) is 0 Å². The number of imidazole rings is 1. The minimum atomic E-state index is -0.423. The van der Waals surface area contributed by atoms with Crippen molar-refractivity contribution in [3.05, 3.63) is 45.1 Å². The fourth-order valence-corrected chi connectivity index (χ4v) is 4.05. The lowest BCUT2D eigenvalue weighted by molar-refractivity contribution is -0.113. The molecule has 0 unspecified atom stereocenters. The molecule has 0 aliphatic heterocycles. The summed E-state index contributed by atoms with van der Waals surface area (Å²) in [5.41, 5.74) is 1.69. The van der Waals surface area contributed by atoms with Crippen LogP contribution in [0.3, 0.4) is 0 Å². The molecule has 0 aliphatic rings. The highest BCUT2D eigenvalue weighted by molar-refractivity contribution is 7.99. The number of anilines is 2. The van der Waals surface area contributed by atoms with Crippen molar-refractivity contribution in [2.45, 2.75) is 31.5 Å². The molecule has 10 heteroatoms. The lowest BCUT2D eigenvalue weighted by Gasteiger charge is -2.13. The van der Waals surface area contributed by atoms with Crippen LogP contribution in [0.1, 0.15) is 19.8 Å². The van der Waals surface area contributed by atoms with Gasteiger partial charge in [0.25, 0.3) is 5.56 Å². The van der Waals surface area contributed by atoms with E-state index in [9.17, 15) is 14.4 Å². The summed E-state index contributed by atoms with van der Waals surface area (Å²) in [5.74, 6) is -0.0300. The van der Waals surface area contributed by atoms with Crippen LogP contribution in [-0.2, 0) is 25.4 Å². The van der Waals surface area contributed by atoms with E-state index in [1.165, 1.54) is 23.4 Å². The van der Waals surface area contributed by atoms with Crippen LogP contribution in [0.2, 0.25) is 0 Å². The second kappa shape index (κ2) is 9.42. The van der Waals surface area contributed by atoms with Crippen LogP contribution in [0, 0.1) is 0 Å². The van der Waals surface area contributed by atoms with Gasteiger partial charge in [0.1, 0.15) is 0 Å². The Kier molecular flexibility index (Phi) is 6.89. The minimum absolute atomic E-state index is 0.138. The monoisotopic (exact) mass is 444 g/mol. The number of aromatic nitrogens is 4. The van der Waals surface area contributed by atoms with Crippen LogP contribution in [0.15, 0.2) is 39.0 Å². The minimum Gasteiger partial charge on any atom is -0.378 e. The summed E-state index contributed by atoms with van der Waals surface area (Å²) in [5, 5.41) is 3.43. The van der Waals surface area contributed by atoms with Gasteiger partial charge in [-0.3, -0.25) is 18.7 Å². The van der Waals surface area contributed by atoms with Gasteiger partial charge in [0.05, 0.1) is 5.75 Å². The summed E-state index contributed by atoms with van der Waals surface area (Å²) in [6.07, 6.45) is 1.80. The highest BCUT2D eigenvalue weighted by Gasteiger charge is 2.20. The average Bonchev–Trinajstić information content (AvgIpc) is 3.12. The molecular weight excluding hydrogens is 416 g/mol. The maximum atomic E-state index is 12.8. The molecule has 166 valence electrons. The van der Waals surface area contributed by atoms with Gasteiger partial charge in [0, 0.05) is 46.1 Å². The number of aryl methyl sites for hydroxylation is 2. The number of thioether (sulfide) groups is 1. The van der Waals surface area contributed by atoms with Crippen LogP contribution in [-0.4, -0.2) is 44.4 Å². The number of hydrogen-bond donors (Lipinski definition) is 1. The van der Waals surface area contributed by atoms with E-state index < -0.39 is 5.69 Å². The third-order valence-corrected chi connectivity index (χ3v) is 6.02. The molecule has 1 amide bonds. The largest absolute Gasteiger partial charge is 0.378 e. The number of nitrogens with zero attached hydrogens (tertiary/aromatic N) is 5. The van der Waals surface area contributed by atoms with E-state index in [0.29, 0.717) is 28.6 Å². The first kappa shape index (κ1) is 22.7. The molecule has 0 saturated carbocycles. The Morgan fingerprint density at radius 1 is 1.13 bits per heavy atom. The van der Waals surface area contributed by atoms with Gasteiger partial charge < -0.3 is 14.8 Å². The van der Waals surface area contributed by atoms with E-state index in [1.54, 1.807) is 7.05 Å². The van der Waals surface area contributed by atoms with Crippen molar-refractivity contribution in [2.75, 3.05) is 30.1 Å². The molecule has 0 bridgehead atoms. The zero-order chi connectivity index (χ0) is 22.7. The number of nitrogens with one attached hydrogen (secondary N) is 1. The Hall–Kier alpha value is -3.01. The Balaban J connectivity index is 1.84. The summed E-state index contributed by atoms with van der Waals surface area (Å²) in [6, 6.07) is 7.58. The third-order valence-electron chi connectivity index (χ3n) is 5.05. The van der Waals surface area contributed by atoms with Gasteiger partial charge in [-0.05, 0) is 30.7 Å². The molecule has 2 heterocycles. The molecule has 1 N–H and O–H groups in total. The first-order chi connectivity index (χ1) is 14.7. The molecule has 0 radical (unpaired) electrons. The fraction of sp³-hybridized carbons (Fsp3) is 0.429. The predicted molar refractivity (Wildman–Crippen MR) is 125 cm³/mol. The lowest BCUT2D eigenvalue weighted by atomic mass is 10.2. The van der Waals surface area contributed by atoms with E-state index in [-0.39, 0.29) is 17.2 Å². The second-order valence-corrected chi connectivity index (χ2v) is 8.50. The van der Waals surface area contributed by atoms with Crippen LogP contribution in [0.5, 0.6) is 0 Å². The van der Waals surface area contributed by atoms with Crippen LogP contribution in [0.25, 0.3) is 11.2 Å². The summed E-state index contributed by atoms with van der Waals surface area (Å²) < 4.78 is 4.28. The fourth-order valence-electron chi connectivity index (χ4n) is 3.23. The normalized spacial score (nSPS) is 11.1. The number of rotatable bonds is 8. The van der Waals surface area contributed by atoms with Crippen LogP contribution in [0.4, 0.5) is 11.4 Å². The molecule has 9 nitrogen and oxygen atoms in total. The van der Waals surface area contributed by atoms with Crippen LogP contribution >= 0.6 is 11.8 Å². The topological polar surface area (TPSA) is 94.2 Å². The van der Waals surface area contributed by atoms with Crippen molar-refractivity contribution in [3.8, 4) is 0 Å². The van der Waals surface area contributed by atoms with Gasteiger partial charge in [0.2, 0.25) is 5.91 Å². The Morgan fingerprint density at radius 2 is 1.81 bits per heavy atom. The number of benzene rings is 1.